The van der Waals surface area contributed by atoms with Gasteiger partial charge < -0.3 is 15.3 Å². The molecule has 1 heterocycles. The lowest BCUT2D eigenvalue weighted by Gasteiger charge is -2.24. The number of para-hydroxylation sites is 2. The first-order chi connectivity index (χ1) is 13.4. The van der Waals surface area contributed by atoms with E-state index in [4.69, 9.17) is 0 Å². The molecule has 1 aliphatic heterocycles. The summed E-state index contributed by atoms with van der Waals surface area (Å²) in [6.07, 6.45) is 0. The van der Waals surface area contributed by atoms with Gasteiger partial charge in [0.2, 0.25) is 5.91 Å². The van der Waals surface area contributed by atoms with Crippen LogP contribution in [0.25, 0.3) is 0 Å². The molecule has 3 rings (SSSR count). The summed E-state index contributed by atoms with van der Waals surface area (Å²) in [4.78, 5) is 51.6. The monoisotopic (exact) mass is 381 g/mol. The highest BCUT2D eigenvalue weighted by Crippen LogP contribution is 2.32. The number of amides is 3. The minimum absolute atomic E-state index is 0.0973. The molecule has 2 aromatic carbocycles. The van der Waals surface area contributed by atoms with Crippen LogP contribution in [0.2, 0.25) is 0 Å². The molecule has 3 amide bonds. The molecule has 0 bridgehead atoms. The van der Waals surface area contributed by atoms with E-state index in [0.29, 0.717) is 16.9 Å². The Hall–Kier alpha value is -3.68. The lowest BCUT2D eigenvalue weighted by molar-refractivity contribution is -0.136. The van der Waals surface area contributed by atoms with Crippen LogP contribution >= 0.6 is 0 Å². The van der Waals surface area contributed by atoms with Crippen LogP contribution in [0.3, 0.4) is 0 Å². The number of carbonyl (C=O) groups excluding carboxylic acids is 3. The van der Waals surface area contributed by atoms with Crippen LogP contribution in [0.15, 0.2) is 54.6 Å². The summed E-state index contributed by atoms with van der Waals surface area (Å²) in [5.74, 6) is -2.60. The average molecular weight is 381 g/mol. The van der Waals surface area contributed by atoms with E-state index in [1.165, 1.54) is 11.8 Å². The molecule has 0 aliphatic carbocycles. The van der Waals surface area contributed by atoms with E-state index in [9.17, 15) is 24.3 Å². The second-order valence-corrected chi connectivity index (χ2v) is 6.33. The van der Waals surface area contributed by atoms with Crippen LogP contribution in [-0.2, 0) is 14.4 Å². The van der Waals surface area contributed by atoms with Crippen molar-refractivity contribution in [2.75, 3.05) is 22.9 Å². The average Bonchev–Trinajstić information content (AvgIpc) is 2.79. The van der Waals surface area contributed by atoms with Crippen molar-refractivity contribution in [3.05, 3.63) is 60.2 Å². The number of carboxylic acid groups (broad SMARTS) is 1. The highest BCUT2D eigenvalue weighted by molar-refractivity contribution is 6.10. The lowest BCUT2D eigenvalue weighted by Crippen LogP contribution is -2.53. The van der Waals surface area contributed by atoms with Crippen LogP contribution < -0.4 is 15.1 Å². The van der Waals surface area contributed by atoms with E-state index < -0.39 is 30.4 Å². The molecular formula is C20H19N3O5. The topological polar surface area (TPSA) is 107 Å². The Bertz CT molecular complexity index is 928. The number of carboxylic acids is 1. The molecule has 0 fully saturated rings. The number of rotatable bonds is 4. The molecule has 0 spiro atoms. The highest BCUT2D eigenvalue weighted by Gasteiger charge is 2.36. The molecule has 1 atom stereocenters. The second-order valence-electron chi connectivity index (χ2n) is 6.33. The number of benzene rings is 2. The van der Waals surface area contributed by atoms with Crippen molar-refractivity contribution >= 4 is 35.1 Å². The summed E-state index contributed by atoms with van der Waals surface area (Å²) >= 11 is 0. The van der Waals surface area contributed by atoms with Crippen molar-refractivity contribution in [2.45, 2.75) is 13.0 Å². The third-order valence-electron chi connectivity index (χ3n) is 4.41. The molecule has 144 valence electrons. The number of nitrogens with zero attached hydrogens (tertiary/aromatic N) is 2. The third kappa shape index (κ3) is 3.85. The number of aliphatic carboxylic acids is 1. The van der Waals surface area contributed by atoms with Gasteiger partial charge in [0.25, 0.3) is 11.8 Å². The van der Waals surface area contributed by atoms with Crippen molar-refractivity contribution in [1.82, 2.24) is 5.32 Å². The highest BCUT2D eigenvalue weighted by atomic mass is 16.4. The van der Waals surface area contributed by atoms with Gasteiger partial charge in [0.15, 0.2) is 0 Å². The Morgan fingerprint density at radius 3 is 2.25 bits per heavy atom. The van der Waals surface area contributed by atoms with Gasteiger partial charge in [-0.25, -0.2) is 0 Å². The van der Waals surface area contributed by atoms with Crippen molar-refractivity contribution in [1.29, 1.82) is 0 Å². The van der Waals surface area contributed by atoms with E-state index in [-0.39, 0.29) is 12.5 Å². The number of hydrogen-bond acceptors (Lipinski definition) is 4. The molecule has 1 unspecified atom stereocenters. The van der Waals surface area contributed by atoms with Gasteiger partial charge in [-0.3, -0.25) is 24.1 Å². The van der Waals surface area contributed by atoms with E-state index in [2.05, 4.69) is 5.32 Å². The van der Waals surface area contributed by atoms with Gasteiger partial charge in [-0.05, 0) is 24.3 Å². The Balaban J connectivity index is 2.00. The first kappa shape index (κ1) is 19.1. The maximum Gasteiger partial charge on any atom is 0.323 e. The predicted molar refractivity (Wildman–Crippen MR) is 102 cm³/mol. The molecule has 1 aliphatic rings. The smallest absolute Gasteiger partial charge is 0.323 e. The number of anilines is 2. The zero-order valence-corrected chi connectivity index (χ0v) is 15.2. The molecule has 2 N–H and O–H groups in total. The van der Waals surface area contributed by atoms with Crippen LogP contribution in [-0.4, -0.2) is 47.9 Å². The summed E-state index contributed by atoms with van der Waals surface area (Å²) in [5.41, 5.74) is 1.08. The van der Waals surface area contributed by atoms with Gasteiger partial charge >= 0.3 is 5.97 Å². The number of hydrogen-bond donors (Lipinski definition) is 2. The molecule has 0 saturated heterocycles. The van der Waals surface area contributed by atoms with E-state index in [1.807, 2.05) is 0 Å². The molecule has 8 nitrogen and oxygen atoms in total. The molecule has 2 aromatic rings. The SMILES string of the molecule is CC(=O)N1CC(NC(=O)c2ccccc2)C(=O)N(CC(=O)O)c2ccccc21. The molecule has 0 saturated carbocycles. The fraction of sp³-hybridized carbons (Fsp3) is 0.200. The minimum atomic E-state index is -1.20. The zero-order valence-electron chi connectivity index (χ0n) is 15.2. The summed E-state index contributed by atoms with van der Waals surface area (Å²) in [7, 11) is 0. The van der Waals surface area contributed by atoms with Crippen molar-refractivity contribution in [3.63, 3.8) is 0 Å². The van der Waals surface area contributed by atoms with Crippen LogP contribution in [0.4, 0.5) is 11.4 Å². The molecule has 8 heteroatoms. The Labute approximate surface area is 161 Å². The van der Waals surface area contributed by atoms with Crippen LogP contribution in [0.1, 0.15) is 17.3 Å². The van der Waals surface area contributed by atoms with E-state index in [1.54, 1.807) is 54.6 Å². The largest absolute Gasteiger partial charge is 0.480 e. The van der Waals surface area contributed by atoms with Crippen molar-refractivity contribution in [2.24, 2.45) is 0 Å². The van der Waals surface area contributed by atoms with Gasteiger partial charge in [0.05, 0.1) is 17.9 Å². The van der Waals surface area contributed by atoms with Crippen LogP contribution in [0.5, 0.6) is 0 Å². The van der Waals surface area contributed by atoms with Crippen molar-refractivity contribution in [3.8, 4) is 0 Å². The van der Waals surface area contributed by atoms with Crippen LogP contribution in [0, 0.1) is 0 Å². The van der Waals surface area contributed by atoms with Gasteiger partial charge in [-0.2, -0.15) is 0 Å². The Morgan fingerprint density at radius 2 is 1.64 bits per heavy atom. The molecule has 0 radical (unpaired) electrons. The molecular weight excluding hydrogens is 362 g/mol. The Morgan fingerprint density at radius 1 is 1.04 bits per heavy atom. The summed E-state index contributed by atoms with van der Waals surface area (Å²) in [6.45, 7) is 0.670. The quantitative estimate of drug-likeness (QED) is 0.829. The zero-order chi connectivity index (χ0) is 20.3. The summed E-state index contributed by atoms with van der Waals surface area (Å²) in [6, 6.07) is 13.8. The first-order valence-corrected chi connectivity index (χ1v) is 8.64. The van der Waals surface area contributed by atoms with Crippen molar-refractivity contribution < 1.29 is 24.3 Å². The summed E-state index contributed by atoms with van der Waals surface area (Å²) < 4.78 is 0. The molecule has 28 heavy (non-hydrogen) atoms. The number of fused-ring (bicyclic) bond motifs is 1. The fourth-order valence-corrected chi connectivity index (χ4v) is 3.12. The Kier molecular flexibility index (Phi) is 5.39. The van der Waals surface area contributed by atoms with Gasteiger partial charge in [-0.1, -0.05) is 30.3 Å². The third-order valence-corrected chi connectivity index (χ3v) is 4.41. The number of nitrogens with one attached hydrogen (secondary N) is 1. The van der Waals surface area contributed by atoms with Gasteiger partial charge in [0, 0.05) is 12.5 Å². The van der Waals surface area contributed by atoms with Gasteiger partial charge in [0.1, 0.15) is 12.6 Å². The minimum Gasteiger partial charge on any atom is -0.480 e. The first-order valence-electron chi connectivity index (χ1n) is 8.64. The maximum atomic E-state index is 13.1. The van der Waals surface area contributed by atoms with Gasteiger partial charge in [-0.15, -0.1) is 0 Å². The normalized spacial score (nSPS) is 16.2. The maximum absolute atomic E-state index is 13.1. The predicted octanol–water partition coefficient (Wildman–Crippen LogP) is 1.27. The molecule has 0 aromatic heterocycles. The summed E-state index contributed by atoms with van der Waals surface area (Å²) in [5, 5.41) is 11.9. The standard InChI is InChI=1S/C20H19N3O5/c1-13(24)22-11-15(21-19(27)14-7-3-2-4-8-14)20(28)23(12-18(25)26)17-10-6-5-9-16(17)22/h2-10,15H,11-12H2,1H3,(H,21,27)(H,25,26). The second kappa shape index (κ2) is 7.91. The fourth-order valence-electron chi connectivity index (χ4n) is 3.12. The van der Waals surface area contributed by atoms with E-state index >= 15 is 0 Å². The number of carbonyl (C=O) groups is 4. The lowest BCUT2D eigenvalue weighted by atomic mass is 10.1. The van der Waals surface area contributed by atoms with E-state index in [0.717, 1.165) is 4.90 Å².